The molecule has 0 amide bonds. The van der Waals surface area contributed by atoms with Crippen molar-refractivity contribution < 1.29 is 4.74 Å². The van der Waals surface area contributed by atoms with Crippen LogP contribution in [0.4, 0.5) is 0 Å². The van der Waals surface area contributed by atoms with Crippen molar-refractivity contribution in [3.05, 3.63) is 48.1 Å². The van der Waals surface area contributed by atoms with E-state index in [9.17, 15) is 0 Å². The molecular formula is C14H12N4O. The molecule has 0 radical (unpaired) electrons. The highest BCUT2D eigenvalue weighted by Gasteiger charge is 2.18. The van der Waals surface area contributed by atoms with Gasteiger partial charge in [0.1, 0.15) is 12.2 Å². The maximum Gasteiger partial charge on any atom is 0.111 e. The Bertz CT molecular complexity index is 778. The van der Waals surface area contributed by atoms with Gasteiger partial charge in [0.05, 0.1) is 30.1 Å². The van der Waals surface area contributed by atoms with Gasteiger partial charge in [-0.25, -0.2) is 9.97 Å². The summed E-state index contributed by atoms with van der Waals surface area (Å²) in [6.45, 7) is 2.98. The lowest BCUT2D eigenvalue weighted by Gasteiger charge is -2.15. The third kappa shape index (κ3) is 1.48. The number of aromatic nitrogens is 4. The van der Waals surface area contributed by atoms with E-state index in [2.05, 4.69) is 21.0 Å². The number of ether oxygens (including phenoxy) is 1. The van der Waals surface area contributed by atoms with Gasteiger partial charge in [0.25, 0.3) is 0 Å². The lowest BCUT2D eigenvalue weighted by atomic mass is 10.0. The summed E-state index contributed by atoms with van der Waals surface area (Å²) < 4.78 is 7.70. The van der Waals surface area contributed by atoms with Crippen molar-refractivity contribution >= 4 is 5.52 Å². The van der Waals surface area contributed by atoms with Crippen LogP contribution in [0, 0.1) is 6.92 Å². The fourth-order valence-electron chi connectivity index (χ4n) is 2.54. The minimum Gasteiger partial charge on any atom is -0.369 e. The van der Waals surface area contributed by atoms with Crippen molar-refractivity contribution in [1.29, 1.82) is 0 Å². The number of hydrogen-bond donors (Lipinski definition) is 0. The predicted molar refractivity (Wildman–Crippen MR) is 69.4 cm³/mol. The molecule has 19 heavy (non-hydrogen) atoms. The van der Waals surface area contributed by atoms with Crippen LogP contribution in [-0.4, -0.2) is 19.4 Å². The first-order chi connectivity index (χ1) is 9.34. The highest BCUT2D eigenvalue weighted by atomic mass is 16.5. The quantitative estimate of drug-likeness (QED) is 0.615. The molecule has 0 unspecified atom stereocenters. The maximum atomic E-state index is 5.69. The minimum absolute atomic E-state index is 0.502. The molecule has 0 atom stereocenters. The number of hydrogen-bond acceptors (Lipinski definition) is 4. The first kappa shape index (κ1) is 10.6. The molecule has 94 valence electrons. The van der Waals surface area contributed by atoms with Crippen LogP contribution in [0.5, 0.6) is 0 Å². The van der Waals surface area contributed by atoms with Crippen molar-refractivity contribution in [2.75, 3.05) is 0 Å². The Balaban J connectivity index is 2.15. The SMILES string of the molecule is Cc1ncc2c3c(ncn13)COCc1ncccc1-2. The van der Waals surface area contributed by atoms with Crippen LogP contribution in [0.1, 0.15) is 17.2 Å². The molecule has 4 heterocycles. The molecule has 4 rings (SSSR count). The molecule has 0 fully saturated rings. The summed E-state index contributed by atoms with van der Waals surface area (Å²) >= 11 is 0. The Morgan fingerprint density at radius 1 is 1.11 bits per heavy atom. The molecule has 0 aliphatic carbocycles. The largest absolute Gasteiger partial charge is 0.369 e. The molecule has 5 nitrogen and oxygen atoms in total. The fourth-order valence-corrected chi connectivity index (χ4v) is 2.54. The van der Waals surface area contributed by atoms with Crippen molar-refractivity contribution in [3.63, 3.8) is 0 Å². The summed E-state index contributed by atoms with van der Waals surface area (Å²) in [5.41, 5.74) is 5.12. The standard InChI is InChI=1S/C14H12N4O/c1-9-16-5-11-10-3-2-4-15-12(10)6-19-7-13-14(11)18(9)8-17-13/h2-5,8H,6-7H2,1H3. The third-order valence-corrected chi connectivity index (χ3v) is 3.49. The zero-order chi connectivity index (χ0) is 12.8. The Labute approximate surface area is 109 Å². The summed E-state index contributed by atoms with van der Waals surface area (Å²) in [5, 5.41) is 0. The predicted octanol–water partition coefficient (Wildman–Crippen LogP) is 2.13. The monoisotopic (exact) mass is 252 g/mol. The Morgan fingerprint density at radius 3 is 2.95 bits per heavy atom. The summed E-state index contributed by atoms with van der Waals surface area (Å²) in [4.78, 5) is 13.3. The van der Waals surface area contributed by atoms with E-state index in [-0.39, 0.29) is 0 Å². The van der Waals surface area contributed by atoms with E-state index in [1.54, 1.807) is 12.5 Å². The van der Waals surface area contributed by atoms with E-state index < -0.39 is 0 Å². The summed E-state index contributed by atoms with van der Waals surface area (Å²) in [7, 11) is 0. The Morgan fingerprint density at radius 2 is 2.00 bits per heavy atom. The average Bonchev–Trinajstić information content (AvgIpc) is 2.83. The molecule has 0 saturated carbocycles. The number of fused-ring (bicyclic) bond motifs is 2. The van der Waals surface area contributed by atoms with Gasteiger partial charge in [-0.2, -0.15) is 0 Å². The van der Waals surface area contributed by atoms with Crippen molar-refractivity contribution in [1.82, 2.24) is 19.4 Å². The summed E-state index contributed by atoms with van der Waals surface area (Å²) in [5.74, 6) is 0.920. The van der Waals surface area contributed by atoms with Gasteiger partial charge < -0.3 is 4.74 Å². The fraction of sp³-hybridized carbons (Fsp3) is 0.214. The molecule has 1 aliphatic heterocycles. The second kappa shape index (κ2) is 3.86. The van der Waals surface area contributed by atoms with Gasteiger partial charge in [0.15, 0.2) is 0 Å². The number of rotatable bonds is 0. The molecule has 3 aromatic rings. The molecule has 0 bridgehead atoms. The van der Waals surface area contributed by atoms with Crippen molar-refractivity contribution in [2.45, 2.75) is 20.1 Å². The van der Waals surface area contributed by atoms with E-state index in [0.29, 0.717) is 13.2 Å². The minimum atomic E-state index is 0.502. The number of nitrogens with zero attached hydrogens (tertiary/aromatic N) is 4. The van der Waals surface area contributed by atoms with Crippen molar-refractivity contribution in [2.24, 2.45) is 0 Å². The number of imidazole rings is 1. The highest BCUT2D eigenvalue weighted by molar-refractivity contribution is 5.82. The van der Waals surface area contributed by atoms with Crippen LogP contribution in [0.2, 0.25) is 0 Å². The van der Waals surface area contributed by atoms with Gasteiger partial charge in [-0.05, 0) is 13.0 Å². The van der Waals surface area contributed by atoms with Gasteiger partial charge in [0, 0.05) is 23.5 Å². The smallest absolute Gasteiger partial charge is 0.111 e. The third-order valence-electron chi connectivity index (χ3n) is 3.49. The average molecular weight is 252 g/mol. The normalized spacial score (nSPS) is 13.9. The molecular weight excluding hydrogens is 240 g/mol. The van der Waals surface area contributed by atoms with Crippen LogP contribution in [-0.2, 0) is 18.0 Å². The van der Waals surface area contributed by atoms with Crippen LogP contribution in [0.15, 0.2) is 30.9 Å². The van der Waals surface area contributed by atoms with E-state index in [1.165, 1.54) is 0 Å². The lowest BCUT2D eigenvalue weighted by molar-refractivity contribution is 0.103. The zero-order valence-corrected chi connectivity index (χ0v) is 10.5. The van der Waals surface area contributed by atoms with Gasteiger partial charge in [-0.1, -0.05) is 6.07 Å². The lowest BCUT2D eigenvalue weighted by Crippen LogP contribution is -2.05. The van der Waals surface area contributed by atoms with Crippen molar-refractivity contribution in [3.8, 4) is 11.1 Å². The van der Waals surface area contributed by atoms with Gasteiger partial charge in [-0.15, -0.1) is 0 Å². The second-order valence-electron chi connectivity index (χ2n) is 4.62. The molecule has 0 saturated heterocycles. The number of pyridine rings is 1. The molecule has 5 heteroatoms. The molecule has 0 aromatic carbocycles. The summed E-state index contributed by atoms with van der Waals surface area (Å²) in [6.07, 6.45) is 5.50. The highest BCUT2D eigenvalue weighted by Crippen LogP contribution is 2.31. The van der Waals surface area contributed by atoms with Gasteiger partial charge in [-0.3, -0.25) is 9.38 Å². The topological polar surface area (TPSA) is 52.3 Å². The van der Waals surface area contributed by atoms with Gasteiger partial charge in [0.2, 0.25) is 0 Å². The van der Waals surface area contributed by atoms with Crippen LogP contribution in [0.3, 0.4) is 0 Å². The van der Waals surface area contributed by atoms with Crippen LogP contribution >= 0.6 is 0 Å². The zero-order valence-electron chi connectivity index (χ0n) is 10.5. The Kier molecular flexibility index (Phi) is 2.16. The molecule has 0 N–H and O–H groups in total. The number of aryl methyl sites for hydroxylation is 1. The maximum absolute atomic E-state index is 5.69. The Hall–Kier alpha value is -2.27. The molecule has 3 aromatic heterocycles. The van der Waals surface area contributed by atoms with Crippen LogP contribution in [0.25, 0.3) is 16.6 Å². The van der Waals surface area contributed by atoms with E-state index in [4.69, 9.17) is 4.74 Å². The molecule has 0 spiro atoms. The first-order valence-electron chi connectivity index (χ1n) is 6.18. The van der Waals surface area contributed by atoms with Gasteiger partial charge >= 0.3 is 0 Å². The second-order valence-corrected chi connectivity index (χ2v) is 4.62. The van der Waals surface area contributed by atoms with E-state index >= 15 is 0 Å². The van der Waals surface area contributed by atoms with E-state index in [1.807, 2.05) is 23.6 Å². The van der Waals surface area contributed by atoms with E-state index in [0.717, 1.165) is 33.9 Å². The van der Waals surface area contributed by atoms with Crippen LogP contribution < -0.4 is 0 Å². The summed E-state index contributed by atoms with van der Waals surface area (Å²) in [6, 6.07) is 3.99. The first-order valence-corrected chi connectivity index (χ1v) is 6.18. The molecule has 1 aliphatic rings.